The highest BCUT2D eigenvalue weighted by molar-refractivity contribution is 5.76. The van der Waals surface area contributed by atoms with Gasteiger partial charge in [0.05, 0.1) is 11.6 Å². The molecule has 1 unspecified atom stereocenters. The average molecular weight is 266 g/mol. The summed E-state index contributed by atoms with van der Waals surface area (Å²) in [6.07, 6.45) is 0.227. The molecule has 20 heavy (non-hydrogen) atoms. The van der Waals surface area contributed by atoms with E-state index in [-0.39, 0.29) is 6.42 Å². The molecule has 0 spiro atoms. The van der Waals surface area contributed by atoms with Crippen molar-refractivity contribution < 1.29 is 9.90 Å². The Hall–Kier alpha value is -2.64. The van der Waals surface area contributed by atoms with Crippen LogP contribution in [0.4, 0.5) is 0 Å². The van der Waals surface area contributed by atoms with Crippen LogP contribution in [0.15, 0.2) is 48.5 Å². The number of nitrogens with zero attached hydrogens (tertiary/aromatic N) is 1. The first-order valence-electron chi connectivity index (χ1n) is 6.19. The Morgan fingerprint density at radius 1 is 1.15 bits per heavy atom. The highest BCUT2D eigenvalue weighted by atomic mass is 16.4. The molecule has 0 fully saturated rings. The van der Waals surface area contributed by atoms with E-state index in [0.29, 0.717) is 5.56 Å². The Labute approximate surface area is 117 Å². The van der Waals surface area contributed by atoms with Crippen molar-refractivity contribution in [2.24, 2.45) is 5.73 Å². The van der Waals surface area contributed by atoms with Gasteiger partial charge in [-0.05, 0) is 29.2 Å². The van der Waals surface area contributed by atoms with Gasteiger partial charge >= 0.3 is 5.97 Å². The topological polar surface area (TPSA) is 87.1 Å². The number of benzene rings is 2. The van der Waals surface area contributed by atoms with Crippen molar-refractivity contribution in [3.8, 4) is 17.2 Å². The van der Waals surface area contributed by atoms with Crippen molar-refractivity contribution >= 4 is 5.97 Å². The summed E-state index contributed by atoms with van der Waals surface area (Å²) >= 11 is 0. The fourth-order valence-corrected chi connectivity index (χ4v) is 2.10. The van der Waals surface area contributed by atoms with Gasteiger partial charge in [0, 0.05) is 0 Å². The lowest BCUT2D eigenvalue weighted by molar-refractivity contribution is -0.138. The van der Waals surface area contributed by atoms with Crippen molar-refractivity contribution in [1.82, 2.24) is 0 Å². The summed E-state index contributed by atoms with van der Waals surface area (Å²) in [6, 6.07) is 15.8. The van der Waals surface area contributed by atoms with Crippen LogP contribution in [0.1, 0.15) is 11.1 Å². The molecule has 2 rings (SSSR count). The standard InChI is InChI=1S/C16H14N2O2/c17-10-12-6-2-4-8-14(12)13-7-3-1-5-11(13)9-15(18)16(19)20/h1-8,15H,9,18H2,(H,19,20). The van der Waals surface area contributed by atoms with E-state index in [0.717, 1.165) is 16.7 Å². The van der Waals surface area contributed by atoms with Crippen LogP contribution >= 0.6 is 0 Å². The lowest BCUT2D eigenvalue weighted by atomic mass is 9.93. The molecule has 0 aliphatic rings. The molecule has 0 bridgehead atoms. The van der Waals surface area contributed by atoms with Crippen LogP contribution in [-0.4, -0.2) is 17.1 Å². The number of carboxylic acid groups (broad SMARTS) is 1. The predicted octanol–water partition coefficient (Wildman–Crippen LogP) is 2.18. The summed E-state index contributed by atoms with van der Waals surface area (Å²) < 4.78 is 0. The summed E-state index contributed by atoms with van der Waals surface area (Å²) in [5.74, 6) is -1.03. The van der Waals surface area contributed by atoms with Crippen LogP contribution in [0.25, 0.3) is 11.1 Å². The molecule has 0 aromatic heterocycles. The maximum atomic E-state index is 10.9. The third-order valence-electron chi connectivity index (χ3n) is 3.11. The highest BCUT2D eigenvalue weighted by Crippen LogP contribution is 2.27. The summed E-state index contributed by atoms with van der Waals surface area (Å²) in [6.45, 7) is 0. The van der Waals surface area contributed by atoms with E-state index in [4.69, 9.17) is 10.8 Å². The number of hydrogen-bond acceptors (Lipinski definition) is 3. The largest absolute Gasteiger partial charge is 0.480 e. The minimum absolute atomic E-state index is 0.227. The molecule has 100 valence electrons. The Bertz CT molecular complexity index is 674. The highest BCUT2D eigenvalue weighted by Gasteiger charge is 2.16. The first-order chi connectivity index (χ1) is 9.63. The smallest absolute Gasteiger partial charge is 0.320 e. The Balaban J connectivity index is 2.48. The zero-order chi connectivity index (χ0) is 14.5. The van der Waals surface area contributed by atoms with Gasteiger partial charge in [-0.3, -0.25) is 4.79 Å². The quantitative estimate of drug-likeness (QED) is 0.887. The van der Waals surface area contributed by atoms with Gasteiger partial charge in [0.1, 0.15) is 6.04 Å². The molecule has 0 heterocycles. The second-order valence-corrected chi connectivity index (χ2v) is 4.46. The Morgan fingerprint density at radius 3 is 2.40 bits per heavy atom. The lowest BCUT2D eigenvalue weighted by Gasteiger charge is -2.13. The van der Waals surface area contributed by atoms with Crippen LogP contribution in [0.2, 0.25) is 0 Å². The predicted molar refractivity (Wildman–Crippen MR) is 75.9 cm³/mol. The third-order valence-corrected chi connectivity index (χ3v) is 3.11. The number of rotatable bonds is 4. The molecule has 3 N–H and O–H groups in total. The van der Waals surface area contributed by atoms with Crippen molar-refractivity contribution in [3.63, 3.8) is 0 Å². The first kappa shape index (κ1) is 13.8. The monoisotopic (exact) mass is 266 g/mol. The van der Waals surface area contributed by atoms with Gasteiger partial charge in [0.25, 0.3) is 0 Å². The second-order valence-electron chi connectivity index (χ2n) is 4.46. The molecule has 4 heteroatoms. The molecular weight excluding hydrogens is 252 g/mol. The number of carbonyl (C=O) groups is 1. The summed E-state index contributed by atoms with van der Waals surface area (Å²) in [7, 11) is 0. The zero-order valence-electron chi connectivity index (χ0n) is 10.8. The number of carboxylic acids is 1. The van der Waals surface area contributed by atoms with E-state index in [9.17, 15) is 10.1 Å². The number of nitrogens with two attached hydrogens (primary N) is 1. The fourth-order valence-electron chi connectivity index (χ4n) is 2.10. The minimum Gasteiger partial charge on any atom is -0.480 e. The van der Waals surface area contributed by atoms with E-state index in [2.05, 4.69) is 6.07 Å². The van der Waals surface area contributed by atoms with E-state index >= 15 is 0 Å². The SMILES string of the molecule is N#Cc1ccccc1-c1ccccc1CC(N)C(=O)O. The van der Waals surface area contributed by atoms with E-state index in [1.54, 1.807) is 12.1 Å². The molecule has 2 aromatic rings. The Morgan fingerprint density at radius 2 is 1.75 bits per heavy atom. The number of hydrogen-bond donors (Lipinski definition) is 2. The van der Waals surface area contributed by atoms with Crippen molar-refractivity contribution in [2.45, 2.75) is 12.5 Å². The maximum Gasteiger partial charge on any atom is 0.320 e. The molecule has 4 nitrogen and oxygen atoms in total. The van der Waals surface area contributed by atoms with Gasteiger partial charge in [-0.15, -0.1) is 0 Å². The van der Waals surface area contributed by atoms with E-state index in [1.807, 2.05) is 36.4 Å². The molecule has 0 saturated carbocycles. The van der Waals surface area contributed by atoms with Crippen molar-refractivity contribution in [1.29, 1.82) is 5.26 Å². The van der Waals surface area contributed by atoms with Gasteiger partial charge in [-0.2, -0.15) is 5.26 Å². The zero-order valence-corrected chi connectivity index (χ0v) is 10.8. The van der Waals surface area contributed by atoms with E-state index in [1.165, 1.54) is 0 Å². The van der Waals surface area contributed by atoms with Crippen LogP contribution < -0.4 is 5.73 Å². The van der Waals surface area contributed by atoms with Gasteiger partial charge < -0.3 is 10.8 Å². The van der Waals surface area contributed by atoms with E-state index < -0.39 is 12.0 Å². The summed E-state index contributed by atoms with van der Waals surface area (Å²) in [4.78, 5) is 10.9. The van der Waals surface area contributed by atoms with Crippen molar-refractivity contribution in [3.05, 3.63) is 59.7 Å². The molecule has 0 amide bonds. The normalized spacial score (nSPS) is 11.6. The van der Waals surface area contributed by atoms with Gasteiger partial charge in [0.2, 0.25) is 0 Å². The molecule has 1 atom stereocenters. The van der Waals surface area contributed by atoms with Crippen LogP contribution in [0.5, 0.6) is 0 Å². The first-order valence-corrected chi connectivity index (χ1v) is 6.19. The van der Waals surface area contributed by atoms with Crippen molar-refractivity contribution in [2.75, 3.05) is 0 Å². The lowest BCUT2D eigenvalue weighted by Crippen LogP contribution is -2.32. The summed E-state index contributed by atoms with van der Waals surface area (Å²) in [5.41, 5.74) is 8.63. The minimum atomic E-state index is -1.03. The molecule has 0 aliphatic carbocycles. The van der Waals surface area contributed by atoms with Gasteiger partial charge in [0.15, 0.2) is 0 Å². The number of aliphatic carboxylic acids is 1. The fraction of sp³-hybridized carbons (Fsp3) is 0.125. The van der Waals surface area contributed by atoms with Crippen LogP contribution in [0.3, 0.4) is 0 Å². The molecule has 0 saturated heterocycles. The van der Waals surface area contributed by atoms with Gasteiger partial charge in [-0.25, -0.2) is 0 Å². The average Bonchev–Trinajstić information content (AvgIpc) is 2.47. The summed E-state index contributed by atoms with van der Waals surface area (Å²) in [5, 5.41) is 18.1. The maximum absolute atomic E-state index is 10.9. The number of nitriles is 1. The van der Waals surface area contributed by atoms with Gasteiger partial charge in [-0.1, -0.05) is 42.5 Å². The molecule has 2 aromatic carbocycles. The molecule has 0 aliphatic heterocycles. The molecule has 0 radical (unpaired) electrons. The molecular formula is C16H14N2O2. The second kappa shape index (κ2) is 6.00. The Kier molecular flexibility index (Phi) is 4.14. The van der Waals surface area contributed by atoms with Crippen LogP contribution in [0, 0.1) is 11.3 Å². The van der Waals surface area contributed by atoms with Crippen LogP contribution in [-0.2, 0) is 11.2 Å². The third kappa shape index (κ3) is 2.85.